The third-order valence-electron chi connectivity index (χ3n) is 5.92. The van der Waals surface area contributed by atoms with E-state index in [1.807, 2.05) is 0 Å². The first-order valence-corrected chi connectivity index (χ1v) is 14.1. The number of rotatable bonds is 8. The number of carbonyl (C=O) groups excluding carboxylic acids is 3. The van der Waals surface area contributed by atoms with Gasteiger partial charge in [-0.1, -0.05) is 66.7 Å². The van der Waals surface area contributed by atoms with Crippen LogP contribution in [0.15, 0.2) is 103 Å². The van der Waals surface area contributed by atoms with E-state index in [9.17, 15) is 22.8 Å². The van der Waals surface area contributed by atoms with E-state index in [1.165, 1.54) is 18.2 Å². The second-order valence-electron chi connectivity index (χ2n) is 9.00. The maximum absolute atomic E-state index is 13.8. The minimum atomic E-state index is -4.15. The highest BCUT2D eigenvalue weighted by atomic mass is 32.2. The SMILES string of the molecule is CS(=O)(=O)OC(=O)c1cc(C(=O)N(Cc2ccccc2)C(=O)Nc2ccc(C(=N)N)cc2)ccc1-c1ccccc1. The van der Waals surface area contributed by atoms with Gasteiger partial charge in [0.15, 0.2) is 0 Å². The monoisotopic (exact) mass is 570 g/mol. The minimum absolute atomic E-state index is 0.0388. The van der Waals surface area contributed by atoms with Gasteiger partial charge in [0.05, 0.1) is 18.4 Å². The summed E-state index contributed by atoms with van der Waals surface area (Å²) in [7, 11) is -4.15. The highest BCUT2D eigenvalue weighted by molar-refractivity contribution is 7.86. The molecule has 0 aliphatic carbocycles. The first kappa shape index (κ1) is 28.7. The zero-order chi connectivity index (χ0) is 29.6. The van der Waals surface area contributed by atoms with Crippen LogP contribution in [-0.2, 0) is 20.8 Å². The number of hydrogen-bond acceptors (Lipinski definition) is 7. The van der Waals surface area contributed by atoms with Crippen LogP contribution in [0.25, 0.3) is 11.1 Å². The molecule has 11 heteroatoms. The molecule has 0 aliphatic rings. The molecule has 0 radical (unpaired) electrons. The Kier molecular flexibility index (Phi) is 8.59. The van der Waals surface area contributed by atoms with E-state index in [0.717, 1.165) is 11.2 Å². The van der Waals surface area contributed by atoms with Crippen LogP contribution in [-0.4, -0.2) is 43.3 Å². The maximum Gasteiger partial charge on any atom is 0.354 e. The Hall–Kier alpha value is -5.29. The van der Waals surface area contributed by atoms with E-state index in [2.05, 4.69) is 9.50 Å². The van der Waals surface area contributed by atoms with E-state index < -0.39 is 28.0 Å². The average Bonchev–Trinajstić information content (AvgIpc) is 2.95. The molecule has 4 rings (SSSR count). The molecule has 0 fully saturated rings. The van der Waals surface area contributed by atoms with Crippen molar-refractivity contribution in [1.29, 1.82) is 5.41 Å². The summed E-state index contributed by atoms with van der Waals surface area (Å²) in [6.07, 6.45) is 0.747. The lowest BCUT2D eigenvalue weighted by Crippen LogP contribution is -2.39. The summed E-state index contributed by atoms with van der Waals surface area (Å²) in [5, 5.41) is 10.2. The summed E-state index contributed by atoms with van der Waals surface area (Å²) >= 11 is 0. The Balaban J connectivity index is 1.72. The van der Waals surface area contributed by atoms with Crippen LogP contribution < -0.4 is 11.1 Å². The van der Waals surface area contributed by atoms with Gasteiger partial charge in [-0.15, -0.1) is 0 Å². The van der Waals surface area contributed by atoms with Crippen molar-refractivity contribution in [2.45, 2.75) is 6.54 Å². The second kappa shape index (κ2) is 12.3. The lowest BCUT2D eigenvalue weighted by Gasteiger charge is -2.22. The molecule has 0 unspecified atom stereocenters. The Morgan fingerprint density at radius 1 is 0.854 bits per heavy atom. The summed E-state index contributed by atoms with van der Waals surface area (Å²) in [4.78, 5) is 41.1. The summed E-state index contributed by atoms with van der Waals surface area (Å²) in [6, 6.07) is 27.2. The Morgan fingerprint density at radius 3 is 2.02 bits per heavy atom. The zero-order valence-corrected chi connectivity index (χ0v) is 22.7. The van der Waals surface area contributed by atoms with Crippen LogP contribution in [0, 0.1) is 5.41 Å². The largest absolute Gasteiger partial charge is 0.384 e. The van der Waals surface area contributed by atoms with Crippen molar-refractivity contribution in [3.8, 4) is 11.1 Å². The number of nitrogens with one attached hydrogen (secondary N) is 2. The van der Waals surface area contributed by atoms with Crippen LogP contribution in [0.1, 0.15) is 31.8 Å². The van der Waals surface area contributed by atoms with Gasteiger partial charge in [0.1, 0.15) is 5.84 Å². The summed E-state index contributed by atoms with van der Waals surface area (Å²) in [6.45, 7) is -0.0966. The quantitative estimate of drug-likeness (QED) is 0.158. The molecule has 4 aromatic rings. The average molecular weight is 571 g/mol. The normalized spacial score (nSPS) is 10.9. The van der Waals surface area contributed by atoms with Gasteiger partial charge in [-0.25, -0.2) is 9.59 Å². The first-order chi connectivity index (χ1) is 19.5. The van der Waals surface area contributed by atoms with Crippen molar-refractivity contribution in [1.82, 2.24) is 4.90 Å². The molecule has 0 aliphatic heterocycles. The third-order valence-corrected chi connectivity index (χ3v) is 6.37. The van der Waals surface area contributed by atoms with Crippen LogP contribution in [0.2, 0.25) is 0 Å². The standard InChI is InChI=1S/C30H26N4O6S/c1-41(38,39)40-29(36)26-18-23(14-17-25(26)21-10-6-3-7-11-21)28(35)34(19-20-8-4-2-5-9-20)30(37)33-24-15-12-22(13-16-24)27(31)32/h2-18H,19H2,1H3,(H3,31,32)(H,33,37). The number of anilines is 1. The van der Waals surface area contributed by atoms with Crippen LogP contribution in [0.3, 0.4) is 0 Å². The number of hydrogen-bond donors (Lipinski definition) is 3. The number of nitrogen functional groups attached to an aromatic ring is 1. The lowest BCUT2D eigenvalue weighted by molar-refractivity contribution is 0.0749. The Morgan fingerprint density at radius 2 is 1.44 bits per heavy atom. The fourth-order valence-corrected chi connectivity index (χ4v) is 4.34. The highest BCUT2D eigenvalue weighted by Crippen LogP contribution is 2.27. The van der Waals surface area contributed by atoms with Crippen molar-refractivity contribution in [2.24, 2.45) is 5.73 Å². The molecule has 0 saturated heterocycles. The Labute approximate surface area is 237 Å². The third kappa shape index (κ3) is 7.43. The number of urea groups is 1. The summed E-state index contributed by atoms with van der Waals surface area (Å²) in [5.41, 5.74) is 7.74. The molecule has 0 bridgehead atoms. The molecule has 10 nitrogen and oxygen atoms in total. The molecule has 208 valence electrons. The van der Waals surface area contributed by atoms with Crippen LogP contribution in [0.4, 0.5) is 10.5 Å². The van der Waals surface area contributed by atoms with E-state index in [-0.39, 0.29) is 23.5 Å². The molecule has 0 atom stereocenters. The highest BCUT2D eigenvalue weighted by Gasteiger charge is 2.26. The van der Waals surface area contributed by atoms with Crippen molar-refractivity contribution in [3.63, 3.8) is 0 Å². The van der Waals surface area contributed by atoms with Gasteiger partial charge in [0.25, 0.3) is 5.91 Å². The van der Waals surface area contributed by atoms with Crippen molar-refractivity contribution < 1.29 is 27.0 Å². The smallest absolute Gasteiger partial charge is 0.354 e. The van der Waals surface area contributed by atoms with E-state index >= 15 is 0 Å². The fraction of sp³-hybridized carbons (Fsp3) is 0.0667. The molecule has 3 amide bonds. The minimum Gasteiger partial charge on any atom is -0.384 e. The zero-order valence-electron chi connectivity index (χ0n) is 21.9. The summed E-state index contributed by atoms with van der Waals surface area (Å²) in [5.74, 6) is -2.03. The maximum atomic E-state index is 13.8. The lowest BCUT2D eigenvalue weighted by atomic mass is 9.97. The molecule has 4 N–H and O–H groups in total. The van der Waals surface area contributed by atoms with Crippen LogP contribution in [0.5, 0.6) is 0 Å². The molecule has 41 heavy (non-hydrogen) atoms. The van der Waals surface area contributed by atoms with Gasteiger partial charge in [0, 0.05) is 16.8 Å². The number of amidine groups is 1. The van der Waals surface area contributed by atoms with Crippen LogP contribution >= 0.6 is 0 Å². The van der Waals surface area contributed by atoms with Gasteiger partial charge in [-0.2, -0.15) is 8.42 Å². The molecule has 4 aromatic carbocycles. The van der Waals surface area contributed by atoms with E-state index in [1.54, 1.807) is 84.9 Å². The van der Waals surface area contributed by atoms with Crippen molar-refractivity contribution in [2.75, 3.05) is 11.6 Å². The van der Waals surface area contributed by atoms with Crippen molar-refractivity contribution in [3.05, 3.63) is 125 Å². The fourth-order valence-electron chi connectivity index (χ4n) is 3.98. The number of nitrogens with zero attached hydrogens (tertiary/aromatic N) is 1. The summed E-state index contributed by atoms with van der Waals surface area (Å²) < 4.78 is 28.1. The van der Waals surface area contributed by atoms with E-state index in [4.69, 9.17) is 11.1 Å². The number of nitrogens with two attached hydrogens (primary N) is 1. The first-order valence-electron chi connectivity index (χ1n) is 12.3. The Bertz CT molecular complexity index is 1710. The van der Waals surface area contributed by atoms with E-state index in [0.29, 0.717) is 27.9 Å². The number of carbonyl (C=O) groups is 3. The molecular weight excluding hydrogens is 544 g/mol. The molecular formula is C30H26N4O6S. The molecule has 0 aromatic heterocycles. The van der Waals surface area contributed by atoms with Gasteiger partial charge in [0.2, 0.25) is 0 Å². The topological polar surface area (TPSA) is 160 Å². The number of amides is 3. The number of imide groups is 1. The second-order valence-corrected chi connectivity index (χ2v) is 10.6. The predicted molar refractivity (Wildman–Crippen MR) is 155 cm³/mol. The molecule has 0 saturated carbocycles. The molecule has 0 spiro atoms. The predicted octanol–water partition coefficient (Wildman–Crippen LogP) is 4.63. The van der Waals surface area contributed by atoms with Crippen molar-refractivity contribution >= 4 is 39.5 Å². The number of benzene rings is 4. The van der Waals surface area contributed by atoms with Gasteiger partial charge < -0.3 is 15.2 Å². The van der Waals surface area contributed by atoms with Gasteiger partial charge in [-0.05, 0) is 53.1 Å². The van der Waals surface area contributed by atoms with Gasteiger partial charge >= 0.3 is 22.1 Å². The van der Waals surface area contributed by atoms with Gasteiger partial charge in [-0.3, -0.25) is 15.1 Å². The molecule has 0 heterocycles.